The highest BCUT2D eigenvalue weighted by Gasteiger charge is 2.46. The number of benzene rings is 2. The van der Waals surface area contributed by atoms with Gasteiger partial charge in [-0.05, 0) is 62.1 Å². The minimum Gasteiger partial charge on any atom is -0.462 e. The van der Waals surface area contributed by atoms with Crippen molar-refractivity contribution in [3.8, 4) is 0 Å². The molecule has 4 rings (SSSR count). The minimum atomic E-state index is -0.272. The van der Waals surface area contributed by atoms with Gasteiger partial charge in [0, 0.05) is 18.0 Å². The summed E-state index contributed by atoms with van der Waals surface area (Å²) >= 11 is 0. The maximum Gasteiger partial charge on any atom is 0.338 e. The smallest absolute Gasteiger partial charge is 0.338 e. The van der Waals surface area contributed by atoms with Crippen LogP contribution < -0.4 is 0 Å². The Morgan fingerprint density at radius 1 is 1.12 bits per heavy atom. The molecule has 1 unspecified atom stereocenters. The molecule has 0 aliphatic carbocycles. The summed E-state index contributed by atoms with van der Waals surface area (Å²) < 4.78 is 19.0. The van der Waals surface area contributed by atoms with Gasteiger partial charge in [0.05, 0.1) is 12.2 Å². The van der Waals surface area contributed by atoms with Crippen LogP contribution in [0, 0.1) is 11.7 Å². The van der Waals surface area contributed by atoms with Crippen molar-refractivity contribution in [2.24, 2.45) is 5.92 Å². The summed E-state index contributed by atoms with van der Waals surface area (Å²) in [5.41, 5.74) is 1.73. The lowest BCUT2D eigenvalue weighted by atomic mass is 9.76. The second-order valence-corrected chi connectivity index (χ2v) is 7.49. The van der Waals surface area contributed by atoms with Crippen molar-refractivity contribution in [3.05, 3.63) is 71.5 Å². The Morgan fingerprint density at radius 3 is 2.58 bits per heavy atom. The number of esters is 1. The monoisotopic (exact) mass is 353 g/mol. The number of ether oxygens (including phenoxy) is 1. The molecule has 3 nitrogen and oxygen atoms in total. The normalized spacial score (nSPS) is 28.1. The number of hydrogen-bond donors (Lipinski definition) is 0. The van der Waals surface area contributed by atoms with Crippen molar-refractivity contribution in [2.75, 3.05) is 13.7 Å². The van der Waals surface area contributed by atoms with Gasteiger partial charge in [0.2, 0.25) is 0 Å². The van der Waals surface area contributed by atoms with Crippen LogP contribution in [0.25, 0.3) is 0 Å². The Kier molecular flexibility index (Phi) is 4.77. The predicted octanol–water partition coefficient (Wildman–Crippen LogP) is 4.25. The molecular formula is C22H24FNO2. The van der Waals surface area contributed by atoms with Gasteiger partial charge in [-0.2, -0.15) is 0 Å². The van der Waals surface area contributed by atoms with E-state index in [-0.39, 0.29) is 17.7 Å². The molecule has 2 heterocycles. The third-order valence-corrected chi connectivity index (χ3v) is 6.15. The van der Waals surface area contributed by atoms with Crippen LogP contribution in [0.1, 0.15) is 41.1 Å². The van der Waals surface area contributed by atoms with Crippen molar-refractivity contribution < 1.29 is 13.9 Å². The number of carbonyl (C=O) groups is 1. The van der Waals surface area contributed by atoms with Gasteiger partial charge in [-0.3, -0.25) is 0 Å². The lowest BCUT2D eigenvalue weighted by molar-refractivity contribution is 0.0187. The van der Waals surface area contributed by atoms with Crippen LogP contribution in [0.3, 0.4) is 0 Å². The second kappa shape index (κ2) is 7.20. The van der Waals surface area contributed by atoms with Crippen LogP contribution in [-0.2, 0) is 4.74 Å². The number of nitrogens with zero attached hydrogens (tertiary/aromatic N) is 1. The van der Waals surface area contributed by atoms with Gasteiger partial charge in [0.15, 0.2) is 0 Å². The fraction of sp³-hybridized carbons (Fsp3) is 0.409. The highest BCUT2D eigenvalue weighted by Crippen LogP contribution is 2.46. The SMILES string of the molecule is CN1C2CC[C@@H]1[C@H](COC(=O)c1ccccc1)[C@@H](c1ccc(F)cc1)C2. The standard InChI is InChI=1S/C22H24FNO2/c1-24-18-11-12-21(24)20(14-26-22(25)16-5-3-2-4-6-16)19(13-18)15-7-9-17(23)10-8-15/h2-10,18-21H,11-14H2,1H3/t18?,19-,20-,21-/m1/s1. The molecule has 2 aliphatic rings. The van der Waals surface area contributed by atoms with E-state index in [0.717, 1.165) is 18.4 Å². The summed E-state index contributed by atoms with van der Waals surface area (Å²) in [6.45, 7) is 0.400. The number of piperidine rings is 1. The van der Waals surface area contributed by atoms with Gasteiger partial charge in [-0.1, -0.05) is 30.3 Å². The van der Waals surface area contributed by atoms with E-state index >= 15 is 0 Å². The van der Waals surface area contributed by atoms with Gasteiger partial charge in [0.25, 0.3) is 0 Å². The number of carbonyl (C=O) groups excluding carboxylic acids is 1. The summed E-state index contributed by atoms with van der Waals surface area (Å²) in [5, 5.41) is 0. The van der Waals surface area contributed by atoms with E-state index in [0.29, 0.717) is 30.2 Å². The lowest BCUT2D eigenvalue weighted by Gasteiger charge is -2.43. The fourth-order valence-electron chi connectivity index (χ4n) is 4.73. The molecule has 136 valence electrons. The average Bonchev–Trinajstić information content (AvgIpc) is 2.91. The van der Waals surface area contributed by atoms with E-state index in [4.69, 9.17) is 4.74 Å². The van der Waals surface area contributed by atoms with Gasteiger partial charge in [-0.15, -0.1) is 0 Å². The Bertz CT molecular complexity index is 761. The van der Waals surface area contributed by atoms with Crippen LogP contribution in [0.2, 0.25) is 0 Å². The second-order valence-electron chi connectivity index (χ2n) is 7.49. The summed E-state index contributed by atoms with van der Waals surface area (Å²) in [5.74, 6) is 0.0488. The van der Waals surface area contributed by atoms with E-state index in [1.54, 1.807) is 12.1 Å². The first-order chi connectivity index (χ1) is 12.6. The molecule has 2 saturated heterocycles. The maximum absolute atomic E-state index is 13.3. The lowest BCUT2D eigenvalue weighted by Crippen LogP contribution is -2.47. The molecule has 2 aliphatic heterocycles. The van der Waals surface area contributed by atoms with Crippen LogP contribution in [0.5, 0.6) is 0 Å². The van der Waals surface area contributed by atoms with Crippen molar-refractivity contribution in [1.82, 2.24) is 4.90 Å². The highest BCUT2D eigenvalue weighted by atomic mass is 19.1. The Morgan fingerprint density at radius 2 is 1.85 bits per heavy atom. The molecule has 26 heavy (non-hydrogen) atoms. The fourth-order valence-corrected chi connectivity index (χ4v) is 4.73. The van der Waals surface area contributed by atoms with Gasteiger partial charge >= 0.3 is 5.97 Å². The topological polar surface area (TPSA) is 29.5 Å². The third kappa shape index (κ3) is 3.26. The summed E-state index contributed by atoms with van der Waals surface area (Å²) in [4.78, 5) is 14.8. The zero-order chi connectivity index (χ0) is 18.1. The minimum absolute atomic E-state index is 0.211. The molecule has 2 bridgehead atoms. The van der Waals surface area contributed by atoms with Crippen LogP contribution in [0.15, 0.2) is 54.6 Å². The number of halogens is 1. The Labute approximate surface area is 153 Å². The van der Waals surface area contributed by atoms with Crippen LogP contribution >= 0.6 is 0 Å². The maximum atomic E-state index is 13.3. The third-order valence-electron chi connectivity index (χ3n) is 6.15. The summed E-state index contributed by atoms with van der Waals surface area (Å²) in [6, 6.07) is 16.9. The molecule has 4 heteroatoms. The van der Waals surface area contributed by atoms with E-state index in [2.05, 4.69) is 11.9 Å². The van der Waals surface area contributed by atoms with E-state index in [9.17, 15) is 9.18 Å². The Balaban J connectivity index is 1.53. The molecule has 0 aromatic heterocycles. The first kappa shape index (κ1) is 17.2. The first-order valence-corrected chi connectivity index (χ1v) is 9.33. The molecular weight excluding hydrogens is 329 g/mol. The number of fused-ring (bicyclic) bond motifs is 2. The molecule has 2 aromatic rings. The zero-order valence-electron chi connectivity index (χ0n) is 15.0. The molecule has 0 radical (unpaired) electrons. The number of rotatable bonds is 4. The van der Waals surface area contributed by atoms with Crippen molar-refractivity contribution in [2.45, 2.75) is 37.3 Å². The van der Waals surface area contributed by atoms with E-state index in [1.807, 2.05) is 30.3 Å². The largest absolute Gasteiger partial charge is 0.462 e. The van der Waals surface area contributed by atoms with Crippen LogP contribution in [-0.4, -0.2) is 36.6 Å². The van der Waals surface area contributed by atoms with Gasteiger partial charge < -0.3 is 9.64 Å². The van der Waals surface area contributed by atoms with Gasteiger partial charge in [0.1, 0.15) is 5.82 Å². The van der Waals surface area contributed by atoms with Crippen molar-refractivity contribution in [1.29, 1.82) is 0 Å². The quantitative estimate of drug-likeness (QED) is 0.770. The van der Waals surface area contributed by atoms with E-state index < -0.39 is 0 Å². The van der Waals surface area contributed by atoms with Crippen molar-refractivity contribution in [3.63, 3.8) is 0 Å². The molecule has 2 fully saturated rings. The molecule has 0 amide bonds. The zero-order valence-corrected chi connectivity index (χ0v) is 15.0. The van der Waals surface area contributed by atoms with Gasteiger partial charge in [-0.25, -0.2) is 9.18 Å². The molecule has 4 atom stereocenters. The summed E-state index contributed by atoms with van der Waals surface area (Å²) in [6.07, 6.45) is 3.35. The average molecular weight is 353 g/mol. The predicted molar refractivity (Wildman–Crippen MR) is 98.5 cm³/mol. The first-order valence-electron chi connectivity index (χ1n) is 9.33. The molecule has 0 spiro atoms. The van der Waals surface area contributed by atoms with Crippen LogP contribution in [0.4, 0.5) is 4.39 Å². The van der Waals surface area contributed by atoms with Crippen molar-refractivity contribution >= 4 is 5.97 Å². The summed E-state index contributed by atoms with van der Waals surface area (Å²) in [7, 11) is 2.18. The molecule has 0 N–H and O–H groups in total. The number of hydrogen-bond acceptors (Lipinski definition) is 3. The Hall–Kier alpha value is -2.20. The highest BCUT2D eigenvalue weighted by molar-refractivity contribution is 5.89. The van der Waals surface area contributed by atoms with E-state index in [1.165, 1.54) is 18.6 Å². The molecule has 2 aromatic carbocycles. The molecule has 0 saturated carbocycles.